The number of fused-ring (bicyclic) bond motifs is 1. The van der Waals surface area contributed by atoms with Crippen molar-refractivity contribution in [2.24, 2.45) is 0 Å². The molecule has 2 heterocycles. The van der Waals surface area contributed by atoms with Crippen molar-refractivity contribution >= 4 is 0 Å². The molecule has 2 rings (SSSR count). The number of nitrogens with one attached hydrogen (secondary N) is 1. The standard InChI is InChI=1S/C12H19N3/c1-3-9(4-2)12-10-7-13-6-5-11(10)14-8-15-12/h8-9,13H,3-7H2,1-2H3. The van der Waals surface area contributed by atoms with Crippen molar-refractivity contribution in [3.63, 3.8) is 0 Å². The minimum absolute atomic E-state index is 0.599. The van der Waals surface area contributed by atoms with Gasteiger partial charge in [-0.3, -0.25) is 0 Å². The summed E-state index contributed by atoms with van der Waals surface area (Å²) in [7, 11) is 0. The van der Waals surface area contributed by atoms with E-state index in [1.54, 1.807) is 6.33 Å². The molecule has 1 aromatic heterocycles. The van der Waals surface area contributed by atoms with Crippen molar-refractivity contribution < 1.29 is 0 Å². The second-order valence-corrected chi connectivity index (χ2v) is 4.12. The molecule has 0 fully saturated rings. The van der Waals surface area contributed by atoms with Gasteiger partial charge in [-0.1, -0.05) is 13.8 Å². The zero-order valence-corrected chi connectivity index (χ0v) is 9.58. The highest BCUT2D eigenvalue weighted by molar-refractivity contribution is 5.29. The van der Waals surface area contributed by atoms with E-state index < -0.39 is 0 Å². The van der Waals surface area contributed by atoms with Gasteiger partial charge in [0.25, 0.3) is 0 Å². The van der Waals surface area contributed by atoms with Crippen molar-refractivity contribution in [2.75, 3.05) is 6.54 Å². The quantitative estimate of drug-likeness (QED) is 0.820. The van der Waals surface area contributed by atoms with Gasteiger partial charge in [-0.2, -0.15) is 0 Å². The van der Waals surface area contributed by atoms with Crippen LogP contribution in [0.1, 0.15) is 49.6 Å². The predicted molar refractivity (Wildman–Crippen MR) is 60.8 cm³/mol. The Kier molecular flexibility index (Phi) is 3.31. The molecule has 0 bridgehead atoms. The predicted octanol–water partition coefficient (Wildman–Crippen LogP) is 2.03. The summed E-state index contributed by atoms with van der Waals surface area (Å²) < 4.78 is 0. The number of aromatic nitrogens is 2. The Bertz CT molecular complexity index is 332. The topological polar surface area (TPSA) is 37.8 Å². The maximum absolute atomic E-state index is 4.48. The fourth-order valence-electron chi connectivity index (χ4n) is 2.32. The first kappa shape index (κ1) is 10.6. The number of hydrogen-bond acceptors (Lipinski definition) is 3. The number of rotatable bonds is 3. The van der Waals surface area contributed by atoms with Crippen LogP contribution in [-0.4, -0.2) is 16.5 Å². The van der Waals surface area contributed by atoms with E-state index in [0.717, 1.165) is 19.5 Å². The largest absolute Gasteiger partial charge is 0.312 e. The first-order chi connectivity index (χ1) is 7.36. The molecule has 82 valence electrons. The van der Waals surface area contributed by atoms with Gasteiger partial charge in [0.1, 0.15) is 6.33 Å². The molecule has 3 heteroatoms. The Balaban J connectivity index is 2.38. The molecule has 0 saturated carbocycles. The summed E-state index contributed by atoms with van der Waals surface area (Å²) in [6, 6.07) is 0. The molecular formula is C12H19N3. The Hall–Kier alpha value is -0.960. The zero-order chi connectivity index (χ0) is 10.7. The fraction of sp³-hybridized carbons (Fsp3) is 0.667. The molecule has 0 saturated heterocycles. The lowest BCUT2D eigenvalue weighted by Gasteiger charge is -2.22. The van der Waals surface area contributed by atoms with Crippen molar-refractivity contribution in [1.29, 1.82) is 0 Å². The molecule has 0 radical (unpaired) electrons. The monoisotopic (exact) mass is 205 g/mol. The normalized spacial score (nSPS) is 15.4. The van der Waals surface area contributed by atoms with E-state index in [0.29, 0.717) is 5.92 Å². The molecule has 1 aliphatic heterocycles. The first-order valence-electron chi connectivity index (χ1n) is 5.90. The van der Waals surface area contributed by atoms with Crippen molar-refractivity contribution in [1.82, 2.24) is 15.3 Å². The van der Waals surface area contributed by atoms with Crippen LogP contribution in [0.3, 0.4) is 0 Å². The van der Waals surface area contributed by atoms with Crippen LogP contribution in [0.2, 0.25) is 0 Å². The molecule has 1 aromatic rings. The highest BCUT2D eigenvalue weighted by Gasteiger charge is 2.19. The molecule has 0 amide bonds. The van der Waals surface area contributed by atoms with Crippen LogP contribution in [0.5, 0.6) is 0 Å². The second-order valence-electron chi connectivity index (χ2n) is 4.12. The Morgan fingerprint density at radius 2 is 2.13 bits per heavy atom. The lowest BCUT2D eigenvalue weighted by Crippen LogP contribution is -2.27. The molecule has 1 N–H and O–H groups in total. The van der Waals surface area contributed by atoms with Gasteiger partial charge >= 0.3 is 0 Å². The maximum Gasteiger partial charge on any atom is 0.115 e. The van der Waals surface area contributed by atoms with Crippen LogP contribution in [0, 0.1) is 0 Å². The summed E-state index contributed by atoms with van der Waals surface area (Å²) in [5.41, 5.74) is 3.89. The van der Waals surface area contributed by atoms with Gasteiger partial charge in [-0.05, 0) is 12.8 Å². The van der Waals surface area contributed by atoms with E-state index in [2.05, 4.69) is 29.1 Å². The zero-order valence-electron chi connectivity index (χ0n) is 9.58. The molecule has 0 aromatic carbocycles. The lowest BCUT2D eigenvalue weighted by molar-refractivity contribution is 0.571. The van der Waals surface area contributed by atoms with Crippen molar-refractivity contribution in [3.8, 4) is 0 Å². The SMILES string of the molecule is CCC(CC)c1ncnc2c1CNCC2. The molecule has 0 atom stereocenters. The number of nitrogens with zero attached hydrogens (tertiary/aromatic N) is 2. The van der Waals surface area contributed by atoms with Crippen LogP contribution in [0.25, 0.3) is 0 Å². The molecule has 0 unspecified atom stereocenters. The van der Waals surface area contributed by atoms with Gasteiger partial charge in [0, 0.05) is 36.7 Å². The molecular weight excluding hydrogens is 186 g/mol. The third-order valence-electron chi connectivity index (χ3n) is 3.28. The molecule has 15 heavy (non-hydrogen) atoms. The van der Waals surface area contributed by atoms with Crippen molar-refractivity contribution in [2.45, 2.75) is 45.6 Å². The number of hydrogen-bond donors (Lipinski definition) is 1. The van der Waals surface area contributed by atoms with E-state index in [-0.39, 0.29) is 0 Å². The average Bonchev–Trinajstić information content (AvgIpc) is 2.31. The van der Waals surface area contributed by atoms with E-state index >= 15 is 0 Å². The lowest BCUT2D eigenvalue weighted by atomic mass is 9.92. The van der Waals surface area contributed by atoms with Gasteiger partial charge < -0.3 is 5.32 Å². The molecule has 1 aliphatic rings. The minimum Gasteiger partial charge on any atom is -0.312 e. The second kappa shape index (κ2) is 4.71. The Labute approximate surface area is 91.3 Å². The fourth-order valence-corrected chi connectivity index (χ4v) is 2.32. The van der Waals surface area contributed by atoms with E-state index in [9.17, 15) is 0 Å². The third kappa shape index (κ3) is 2.02. The van der Waals surface area contributed by atoms with Crippen LogP contribution in [-0.2, 0) is 13.0 Å². The van der Waals surface area contributed by atoms with Crippen LogP contribution >= 0.6 is 0 Å². The molecule has 0 aliphatic carbocycles. The summed E-state index contributed by atoms with van der Waals surface area (Å²) in [6.07, 6.45) is 5.11. The maximum atomic E-state index is 4.48. The van der Waals surface area contributed by atoms with Crippen LogP contribution in [0.4, 0.5) is 0 Å². The summed E-state index contributed by atoms with van der Waals surface area (Å²) in [6.45, 7) is 6.46. The van der Waals surface area contributed by atoms with Crippen LogP contribution in [0.15, 0.2) is 6.33 Å². The summed E-state index contributed by atoms with van der Waals surface area (Å²) >= 11 is 0. The van der Waals surface area contributed by atoms with Gasteiger partial charge in [-0.25, -0.2) is 9.97 Å². The van der Waals surface area contributed by atoms with E-state index in [4.69, 9.17) is 0 Å². The van der Waals surface area contributed by atoms with Gasteiger partial charge in [-0.15, -0.1) is 0 Å². The van der Waals surface area contributed by atoms with Crippen molar-refractivity contribution in [3.05, 3.63) is 23.3 Å². The van der Waals surface area contributed by atoms with Gasteiger partial charge in [0.2, 0.25) is 0 Å². The van der Waals surface area contributed by atoms with Crippen LogP contribution < -0.4 is 5.32 Å². The Morgan fingerprint density at radius 1 is 1.33 bits per heavy atom. The smallest absolute Gasteiger partial charge is 0.115 e. The molecule has 3 nitrogen and oxygen atoms in total. The minimum atomic E-state index is 0.599. The van der Waals surface area contributed by atoms with E-state index in [1.165, 1.54) is 29.8 Å². The highest BCUT2D eigenvalue weighted by atomic mass is 14.9. The average molecular weight is 205 g/mol. The first-order valence-corrected chi connectivity index (χ1v) is 5.90. The molecule has 0 spiro atoms. The Morgan fingerprint density at radius 3 is 2.87 bits per heavy atom. The van der Waals surface area contributed by atoms with Gasteiger partial charge in [0.15, 0.2) is 0 Å². The summed E-state index contributed by atoms with van der Waals surface area (Å²) in [5, 5.41) is 3.40. The highest BCUT2D eigenvalue weighted by Crippen LogP contribution is 2.26. The summed E-state index contributed by atoms with van der Waals surface area (Å²) in [4.78, 5) is 8.86. The summed E-state index contributed by atoms with van der Waals surface area (Å²) in [5.74, 6) is 0.599. The van der Waals surface area contributed by atoms with Gasteiger partial charge in [0.05, 0.1) is 5.69 Å². The third-order valence-corrected chi connectivity index (χ3v) is 3.28. The van der Waals surface area contributed by atoms with E-state index in [1.807, 2.05) is 0 Å².